The Labute approximate surface area is 137 Å². The fourth-order valence-corrected chi connectivity index (χ4v) is 3.69. The summed E-state index contributed by atoms with van der Waals surface area (Å²) in [7, 11) is 0. The van der Waals surface area contributed by atoms with Gasteiger partial charge >= 0.3 is 0 Å². The van der Waals surface area contributed by atoms with Crippen LogP contribution in [0.1, 0.15) is 17.4 Å². The van der Waals surface area contributed by atoms with Crippen LogP contribution < -0.4 is 0 Å². The summed E-state index contributed by atoms with van der Waals surface area (Å²) < 4.78 is 0. The fourth-order valence-electron chi connectivity index (χ4n) is 1.93. The number of aliphatic hydroxyl groups is 1. The maximum Gasteiger partial charge on any atom is 0.188 e. The highest BCUT2D eigenvalue weighted by Crippen LogP contribution is 2.24. The Balaban J connectivity index is 1.53. The van der Waals surface area contributed by atoms with Crippen LogP contribution in [-0.2, 0) is 5.75 Å². The van der Waals surface area contributed by atoms with Crippen LogP contribution in [0.2, 0.25) is 0 Å². The van der Waals surface area contributed by atoms with Crippen molar-refractivity contribution in [3.63, 3.8) is 0 Å². The molecule has 112 valence electrons. The van der Waals surface area contributed by atoms with Gasteiger partial charge in [-0.3, -0.25) is 0 Å². The number of thioether (sulfide) groups is 1. The molecule has 0 spiro atoms. The van der Waals surface area contributed by atoms with Crippen molar-refractivity contribution in [2.24, 2.45) is 0 Å². The average Bonchev–Trinajstić information content (AvgIpc) is 3.05. The Kier molecular flexibility index (Phi) is 5.15. The van der Waals surface area contributed by atoms with Gasteiger partial charge < -0.3 is 5.11 Å². The maximum atomic E-state index is 10.1. The van der Waals surface area contributed by atoms with Crippen LogP contribution in [-0.4, -0.2) is 25.8 Å². The lowest BCUT2D eigenvalue weighted by atomic mass is 10.1. The highest BCUT2D eigenvalue weighted by molar-refractivity contribution is 7.98. The van der Waals surface area contributed by atoms with Crippen LogP contribution in [0.4, 0.5) is 0 Å². The molecule has 0 saturated heterocycles. The van der Waals surface area contributed by atoms with E-state index in [-0.39, 0.29) is 0 Å². The molecular formula is C16H15N3OS2. The van der Waals surface area contributed by atoms with Crippen LogP contribution in [0.5, 0.6) is 0 Å². The van der Waals surface area contributed by atoms with Gasteiger partial charge in [0.05, 0.1) is 11.8 Å². The number of rotatable bonds is 6. The molecule has 1 N–H and O–H groups in total. The number of thiazole rings is 1. The fraction of sp³-hybridized carbons (Fsp3) is 0.188. The molecule has 22 heavy (non-hydrogen) atoms. The van der Waals surface area contributed by atoms with Crippen LogP contribution >= 0.6 is 23.1 Å². The van der Waals surface area contributed by atoms with Gasteiger partial charge in [-0.1, -0.05) is 30.3 Å². The lowest BCUT2D eigenvalue weighted by Crippen LogP contribution is -2.00. The van der Waals surface area contributed by atoms with Gasteiger partial charge in [0, 0.05) is 29.3 Å². The van der Waals surface area contributed by atoms with Gasteiger partial charge in [0.1, 0.15) is 0 Å². The van der Waals surface area contributed by atoms with Crippen LogP contribution in [0.25, 0.3) is 10.8 Å². The third-order valence-electron chi connectivity index (χ3n) is 3.02. The van der Waals surface area contributed by atoms with Crippen LogP contribution in [0, 0.1) is 0 Å². The second kappa shape index (κ2) is 7.49. The van der Waals surface area contributed by atoms with Crippen molar-refractivity contribution in [1.29, 1.82) is 0 Å². The summed E-state index contributed by atoms with van der Waals surface area (Å²) in [6.45, 7) is 0. The summed E-state index contributed by atoms with van der Waals surface area (Å²) in [5.41, 5.74) is 1.95. The first-order valence-electron chi connectivity index (χ1n) is 6.85. The average molecular weight is 329 g/mol. The van der Waals surface area contributed by atoms with Crippen molar-refractivity contribution >= 4 is 23.1 Å². The van der Waals surface area contributed by atoms with Gasteiger partial charge in [-0.05, 0) is 11.6 Å². The van der Waals surface area contributed by atoms with E-state index in [9.17, 15) is 5.11 Å². The SMILES string of the molecule is O[C@H](CSCc1csc(-c2ncccn2)n1)c1ccccc1. The summed E-state index contributed by atoms with van der Waals surface area (Å²) in [5, 5.41) is 13.0. The van der Waals surface area contributed by atoms with Gasteiger partial charge in [-0.25, -0.2) is 15.0 Å². The molecule has 0 fully saturated rings. The van der Waals surface area contributed by atoms with E-state index in [1.165, 1.54) is 0 Å². The molecule has 0 saturated carbocycles. The van der Waals surface area contributed by atoms with E-state index in [1.807, 2.05) is 35.7 Å². The molecular weight excluding hydrogens is 314 g/mol. The molecule has 3 aromatic rings. The number of benzene rings is 1. The van der Waals surface area contributed by atoms with E-state index in [0.29, 0.717) is 11.6 Å². The third-order valence-corrected chi connectivity index (χ3v) is 4.96. The Bertz CT molecular complexity index is 704. The molecule has 0 unspecified atom stereocenters. The molecule has 0 amide bonds. The lowest BCUT2D eigenvalue weighted by Gasteiger charge is -2.09. The zero-order chi connectivity index (χ0) is 15.2. The van der Waals surface area contributed by atoms with Crippen molar-refractivity contribution < 1.29 is 5.11 Å². The predicted octanol–water partition coefficient (Wildman–Crippen LogP) is 3.57. The molecule has 2 aromatic heterocycles. The molecule has 2 heterocycles. The third kappa shape index (κ3) is 3.91. The molecule has 6 heteroatoms. The Morgan fingerprint density at radius 2 is 1.86 bits per heavy atom. The first kappa shape index (κ1) is 15.1. The molecule has 0 aliphatic rings. The van der Waals surface area contributed by atoms with E-state index >= 15 is 0 Å². The number of nitrogens with zero attached hydrogens (tertiary/aromatic N) is 3. The Morgan fingerprint density at radius 3 is 2.64 bits per heavy atom. The largest absolute Gasteiger partial charge is 0.388 e. The monoisotopic (exact) mass is 329 g/mol. The van der Waals surface area contributed by atoms with E-state index < -0.39 is 6.10 Å². The van der Waals surface area contributed by atoms with Crippen molar-refractivity contribution in [1.82, 2.24) is 15.0 Å². The zero-order valence-corrected chi connectivity index (χ0v) is 13.4. The summed E-state index contributed by atoms with van der Waals surface area (Å²) in [5.74, 6) is 2.08. The van der Waals surface area contributed by atoms with E-state index in [4.69, 9.17) is 0 Å². The second-order valence-electron chi connectivity index (χ2n) is 4.66. The van der Waals surface area contributed by atoms with Gasteiger partial charge in [-0.2, -0.15) is 11.8 Å². The van der Waals surface area contributed by atoms with Crippen molar-refractivity contribution in [3.8, 4) is 10.8 Å². The molecule has 4 nitrogen and oxygen atoms in total. The smallest absolute Gasteiger partial charge is 0.188 e. The van der Waals surface area contributed by atoms with Crippen molar-refractivity contribution in [3.05, 3.63) is 65.4 Å². The van der Waals surface area contributed by atoms with E-state index in [1.54, 1.807) is 41.6 Å². The van der Waals surface area contributed by atoms with Gasteiger partial charge in [-0.15, -0.1) is 11.3 Å². The molecule has 1 aromatic carbocycles. The quantitative estimate of drug-likeness (QED) is 0.749. The first-order valence-corrected chi connectivity index (χ1v) is 8.89. The van der Waals surface area contributed by atoms with Crippen LogP contribution in [0.15, 0.2) is 54.2 Å². The van der Waals surface area contributed by atoms with E-state index in [0.717, 1.165) is 22.0 Å². The summed E-state index contributed by atoms with van der Waals surface area (Å²) in [4.78, 5) is 12.9. The Morgan fingerprint density at radius 1 is 1.09 bits per heavy atom. The highest BCUT2D eigenvalue weighted by atomic mass is 32.2. The summed E-state index contributed by atoms with van der Waals surface area (Å²) in [6, 6.07) is 11.5. The predicted molar refractivity (Wildman–Crippen MR) is 90.7 cm³/mol. The summed E-state index contributed by atoms with van der Waals surface area (Å²) >= 11 is 3.22. The second-order valence-corrected chi connectivity index (χ2v) is 6.55. The van der Waals surface area contributed by atoms with Crippen molar-refractivity contribution in [2.45, 2.75) is 11.9 Å². The maximum absolute atomic E-state index is 10.1. The topological polar surface area (TPSA) is 58.9 Å². The molecule has 0 bridgehead atoms. The molecule has 0 radical (unpaired) electrons. The highest BCUT2D eigenvalue weighted by Gasteiger charge is 2.09. The minimum Gasteiger partial charge on any atom is -0.388 e. The normalized spacial score (nSPS) is 12.2. The number of aliphatic hydroxyl groups excluding tert-OH is 1. The molecule has 0 aliphatic carbocycles. The zero-order valence-electron chi connectivity index (χ0n) is 11.8. The van der Waals surface area contributed by atoms with Gasteiger partial charge in [0.2, 0.25) is 0 Å². The first-order chi connectivity index (χ1) is 10.8. The molecule has 3 rings (SSSR count). The summed E-state index contributed by atoms with van der Waals surface area (Å²) in [6.07, 6.45) is 2.99. The van der Waals surface area contributed by atoms with Gasteiger partial charge in [0.15, 0.2) is 10.8 Å². The van der Waals surface area contributed by atoms with Crippen LogP contribution in [0.3, 0.4) is 0 Å². The number of hydrogen-bond acceptors (Lipinski definition) is 6. The Hall–Kier alpha value is -1.76. The standard InChI is InChI=1S/C16H15N3OS2/c20-14(12-5-2-1-3-6-12)11-21-9-13-10-22-16(19-13)15-17-7-4-8-18-15/h1-8,10,14,20H,9,11H2/t14-/m1/s1. The minimum atomic E-state index is -0.443. The lowest BCUT2D eigenvalue weighted by molar-refractivity contribution is 0.204. The number of aromatic nitrogens is 3. The van der Waals surface area contributed by atoms with Gasteiger partial charge in [0.25, 0.3) is 0 Å². The molecule has 0 aliphatic heterocycles. The molecule has 1 atom stereocenters. The van der Waals surface area contributed by atoms with Crippen molar-refractivity contribution in [2.75, 3.05) is 5.75 Å². The number of hydrogen-bond donors (Lipinski definition) is 1. The van der Waals surface area contributed by atoms with E-state index in [2.05, 4.69) is 15.0 Å². The minimum absolute atomic E-state index is 0.443.